The molecule has 0 aliphatic carbocycles. The van der Waals surface area contributed by atoms with Crippen molar-refractivity contribution in [2.75, 3.05) is 13.1 Å². The van der Waals surface area contributed by atoms with Gasteiger partial charge in [0.1, 0.15) is 0 Å². The molecule has 0 spiro atoms. The third kappa shape index (κ3) is 4.13. The first-order valence-corrected chi connectivity index (χ1v) is 10.0. The van der Waals surface area contributed by atoms with E-state index in [9.17, 15) is 9.59 Å². The molecule has 0 saturated heterocycles. The molecule has 0 radical (unpaired) electrons. The first kappa shape index (κ1) is 19.1. The molecule has 3 aromatic rings. The lowest BCUT2D eigenvalue weighted by atomic mass is 10.00. The third-order valence-electron chi connectivity index (χ3n) is 5.28. The topological polar surface area (TPSA) is 49.4 Å². The number of nitrogens with one attached hydrogen (secondary N) is 1. The summed E-state index contributed by atoms with van der Waals surface area (Å²) in [5.74, 6) is -0.342. The monoisotopic (exact) mass is 384 g/mol. The van der Waals surface area contributed by atoms with Crippen molar-refractivity contribution >= 4 is 11.8 Å². The molecule has 3 aromatic carbocycles. The van der Waals surface area contributed by atoms with Crippen molar-refractivity contribution in [2.24, 2.45) is 0 Å². The Morgan fingerprint density at radius 2 is 1.24 bits per heavy atom. The highest BCUT2D eigenvalue weighted by atomic mass is 16.2. The summed E-state index contributed by atoms with van der Waals surface area (Å²) in [7, 11) is 0. The van der Waals surface area contributed by atoms with Crippen LogP contribution in [0.25, 0.3) is 11.1 Å². The zero-order valence-corrected chi connectivity index (χ0v) is 16.3. The average molecular weight is 384 g/mol. The smallest absolute Gasteiger partial charge is 0.261 e. The minimum atomic E-state index is -0.171. The second-order valence-electron chi connectivity index (χ2n) is 7.21. The summed E-state index contributed by atoms with van der Waals surface area (Å²) in [6.07, 6.45) is 1.69. The van der Waals surface area contributed by atoms with Crippen LogP contribution >= 0.6 is 0 Å². The van der Waals surface area contributed by atoms with E-state index in [0.29, 0.717) is 17.7 Å². The highest BCUT2D eigenvalue weighted by Crippen LogP contribution is 2.24. The second-order valence-corrected chi connectivity index (χ2v) is 7.21. The van der Waals surface area contributed by atoms with Crippen molar-refractivity contribution < 1.29 is 9.59 Å². The second kappa shape index (κ2) is 8.84. The van der Waals surface area contributed by atoms with Crippen LogP contribution in [-0.4, -0.2) is 29.8 Å². The molecule has 29 heavy (non-hydrogen) atoms. The number of hydrogen-bond acceptors (Lipinski definition) is 3. The Morgan fingerprint density at radius 1 is 0.655 bits per heavy atom. The van der Waals surface area contributed by atoms with Gasteiger partial charge in [0.2, 0.25) is 0 Å². The number of fused-ring (bicyclic) bond motifs is 1. The van der Waals surface area contributed by atoms with E-state index in [1.54, 1.807) is 24.3 Å². The summed E-state index contributed by atoms with van der Waals surface area (Å²) in [6.45, 7) is 2.10. The maximum absolute atomic E-state index is 12.4. The number of carbonyl (C=O) groups excluding carboxylic acids is 2. The molecule has 0 aromatic heterocycles. The summed E-state index contributed by atoms with van der Waals surface area (Å²) in [6, 6.07) is 25.8. The van der Waals surface area contributed by atoms with Gasteiger partial charge in [0.05, 0.1) is 11.1 Å². The number of nitrogens with zero attached hydrogens (tertiary/aromatic N) is 1. The van der Waals surface area contributed by atoms with Crippen LogP contribution in [0.3, 0.4) is 0 Å². The minimum Gasteiger partial charge on any atom is -0.313 e. The van der Waals surface area contributed by atoms with Gasteiger partial charge < -0.3 is 5.32 Å². The number of unbranched alkanes of at least 4 members (excludes halogenated alkanes) is 1. The van der Waals surface area contributed by atoms with E-state index in [4.69, 9.17) is 0 Å². The van der Waals surface area contributed by atoms with Gasteiger partial charge in [-0.25, -0.2) is 0 Å². The molecular formula is C25H24N2O2. The van der Waals surface area contributed by atoms with Gasteiger partial charge in [0, 0.05) is 13.1 Å². The van der Waals surface area contributed by atoms with Gasteiger partial charge in [-0.2, -0.15) is 0 Å². The number of amides is 2. The Hall–Kier alpha value is -3.24. The van der Waals surface area contributed by atoms with Crippen molar-refractivity contribution in [3.05, 3.63) is 95.6 Å². The molecule has 0 bridgehead atoms. The summed E-state index contributed by atoms with van der Waals surface area (Å²) >= 11 is 0. The van der Waals surface area contributed by atoms with E-state index < -0.39 is 0 Å². The van der Waals surface area contributed by atoms with Gasteiger partial charge in [-0.05, 0) is 48.2 Å². The Kier molecular flexibility index (Phi) is 5.82. The van der Waals surface area contributed by atoms with Gasteiger partial charge in [-0.1, -0.05) is 66.7 Å². The molecule has 1 heterocycles. The lowest BCUT2D eigenvalue weighted by Crippen LogP contribution is -2.31. The molecule has 0 fully saturated rings. The van der Waals surface area contributed by atoms with Gasteiger partial charge in [0.15, 0.2) is 0 Å². The molecule has 0 unspecified atom stereocenters. The Morgan fingerprint density at radius 3 is 1.93 bits per heavy atom. The van der Waals surface area contributed by atoms with Crippen LogP contribution in [0.5, 0.6) is 0 Å². The standard InChI is InChI=1S/C25H24N2O2/c28-24-22-14-6-7-15-23(22)25(29)27(24)17-9-8-16-26-18-20-12-4-5-13-21(20)19-10-2-1-3-11-19/h1-7,10-15,26H,8-9,16-18H2. The van der Waals surface area contributed by atoms with Gasteiger partial charge in [-0.3, -0.25) is 14.5 Å². The molecule has 4 heteroatoms. The van der Waals surface area contributed by atoms with Crippen molar-refractivity contribution in [1.29, 1.82) is 0 Å². The number of imide groups is 1. The predicted octanol–water partition coefficient (Wildman–Crippen LogP) is 4.52. The van der Waals surface area contributed by atoms with Gasteiger partial charge >= 0.3 is 0 Å². The summed E-state index contributed by atoms with van der Waals surface area (Å²) in [5.41, 5.74) is 4.77. The fourth-order valence-electron chi connectivity index (χ4n) is 3.76. The lowest BCUT2D eigenvalue weighted by Gasteiger charge is -2.14. The van der Waals surface area contributed by atoms with Crippen molar-refractivity contribution in [2.45, 2.75) is 19.4 Å². The zero-order chi connectivity index (χ0) is 20.1. The van der Waals surface area contributed by atoms with Crippen LogP contribution in [0.15, 0.2) is 78.9 Å². The van der Waals surface area contributed by atoms with E-state index in [2.05, 4.69) is 53.8 Å². The van der Waals surface area contributed by atoms with Crippen LogP contribution < -0.4 is 5.32 Å². The molecule has 1 N–H and O–H groups in total. The molecule has 2 amide bonds. The van der Waals surface area contributed by atoms with Crippen LogP contribution in [0.1, 0.15) is 39.1 Å². The largest absolute Gasteiger partial charge is 0.313 e. The van der Waals surface area contributed by atoms with E-state index in [0.717, 1.165) is 25.9 Å². The Balaban J connectivity index is 1.25. The molecule has 1 aliphatic heterocycles. The molecule has 1 aliphatic rings. The summed E-state index contributed by atoms with van der Waals surface area (Å²) in [4.78, 5) is 26.1. The fourth-order valence-corrected chi connectivity index (χ4v) is 3.76. The van der Waals surface area contributed by atoms with Crippen LogP contribution in [-0.2, 0) is 6.54 Å². The predicted molar refractivity (Wildman–Crippen MR) is 115 cm³/mol. The molecular weight excluding hydrogens is 360 g/mol. The Labute approximate surface area is 171 Å². The number of rotatable bonds is 8. The highest BCUT2D eigenvalue weighted by molar-refractivity contribution is 6.21. The van der Waals surface area contributed by atoms with E-state index >= 15 is 0 Å². The third-order valence-corrected chi connectivity index (χ3v) is 5.28. The normalized spacial score (nSPS) is 13.0. The molecule has 4 rings (SSSR count). The molecule has 4 nitrogen and oxygen atoms in total. The van der Waals surface area contributed by atoms with E-state index in [-0.39, 0.29) is 11.8 Å². The SMILES string of the molecule is O=C1c2ccccc2C(=O)N1CCCCNCc1ccccc1-c1ccccc1. The number of benzene rings is 3. The van der Waals surface area contributed by atoms with Crippen molar-refractivity contribution in [1.82, 2.24) is 10.2 Å². The molecule has 0 atom stereocenters. The first-order chi connectivity index (χ1) is 14.3. The summed E-state index contributed by atoms with van der Waals surface area (Å²) < 4.78 is 0. The van der Waals surface area contributed by atoms with Crippen LogP contribution in [0.2, 0.25) is 0 Å². The first-order valence-electron chi connectivity index (χ1n) is 10.0. The molecule has 0 saturated carbocycles. The maximum atomic E-state index is 12.4. The average Bonchev–Trinajstić information content (AvgIpc) is 3.02. The summed E-state index contributed by atoms with van der Waals surface area (Å²) in [5, 5.41) is 3.49. The Bertz CT molecular complexity index is 979. The van der Waals surface area contributed by atoms with Crippen molar-refractivity contribution in [3.8, 4) is 11.1 Å². The van der Waals surface area contributed by atoms with Crippen LogP contribution in [0, 0.1) is 0 Å². The maximum Gasteiger partial charge on any atom is 0.261 e. The van der Waals surface area contributed by atoms with Crippen LogP contribution in [0.4, 0.5) is 0 Å². The zero-order valence-electron chi connectivity index (χ0n) is 16.3. The number of hydrogen-bond donors (Lipinski definition) is 1. The van der Waals surface area contributed by atoms with Gasteiger partial charge in [-0.15, -0.1) is 0 Å². The van der Waals surface area contributed by atoms with E-state index in [1.165, 1.54) is 21.6 Å². The van der Waals surface area contributed by atoms with Crippen molar-refractivity contribution in [3.63, 3.8) is 0 Å². The van der Waals surface area contributed by atoms with E-state index in [1.807, 2.05) is 6.07 Å². The number of carbonyl (C=O) groups is 2. The van der Waals surface area contributed by atoms with Gasteiger partial charge in [0.25, 0.3) is 11.8 Å². The highest BCUT2D eigenvalue weighted by Gasteiger charge is 2.34. The minimum absolute atomic E-state index is 0.171. The molecule has 146 valence electrons. The fraction of sp³-hybridized carbons (Fsp3) is 0.200. The lowest BCUT2D eigenvalue weighted by molar-refractivity contribution is 0.0651. The quantitative estimate of drug-likeness (QED) is 0.459.